The number of rotatable bonds is 7. The lowest BCUT2D eigenvalue weighted by atomic mass is 9.92. The third kappa shape index (κ3) is 4.61. The van der Waals surface area contributed by atoms with Crippen LogP contribution in [0, 0.1) is 6.92 Å². The number of hydrogen-bond donors (Lipinski definition) is 1. The number of carbonyl (C=O) groups excluding carboxylic acids is 2. The molecule has 1 aromatic carbocycles. The summed E-state index contributed by atoms with van der Waals surface area (Å²) in [6, 6.07) is 7.72. The third-order valence-electron chi connectivity index (χ3n) is 5.91. The largest absolute Gasteiger partial charge is 0.466 e. The second-order valence-corrected chi connectivity index (χ2v) is 8.96. The fraction of sp³-hybridized carbons (Fsp3) is 0.458. The molecule has 0 aliphatic carbocycles. The number of amidine groups is 1. The lowest BCUT2D eigenvalue weighted by molar-refractivity contribution is -0.136. The smallest absolute Gasteiger partial charge is 0.338 e. The van der Waals surface area contributed by atoms with E-state index in [0.717, 1.165) is 47.1 Å². The average Bonchev–Trinajstić information content (AvgIpc) is 3.46. The van der Waals surface area contributed by atoms with Crippen LogP contribution in [0.2, 0.25) is 0 Å². The SMILES string of the molecule is CCC1=C(C(=O)OC)[C@H](c2ccc(C)cc2)N2C(CC(=O)NC[C@@H]3CCCO3)=CSC2=N1. The van der Waals surface area contributed by atoms with Crippen molar-refractivity contribution in [1.82, 2.24) is 10.2 Å². The van der Waals surface area contributed by atoms with Crippen molar-refractivity contribution in [3.8, 4) is 0 Å². The molecule has 0 aromatic heterocycles. The number of benzene rings is 1. The first-order valence-corrected chi connectivity index (χ1v) is 11.9. The molecule has 3 aliphatic heterocycles. The van der Waals surface area contributed by atoms with E-state index in [1.807, 2.05) is 48.4 Å². The molecule has 3 aliphatic rings. The summed E-state index contributed by atoms with van der Waals surface area (Å²) in [4.78, 5) is 32.3. The summed E-state index contributed by atoms with van der Waals surface area (Å²) in [6.07, 6.45) is 2.93. The van der Waals surface area contributed by atoms with Crippen LogP contribution in [0.15, 0.2) is 51.6 Å². The molecule has 4 rings (SSSR count). The minimum atomic E-state index is -0.394. The monoisotopic (exact) mass is 455 g/mol. The van der Waals surface area contributed by atoms with Crippen molar-refractivity contribution in [1.29, 1.82) is 0 Å². The molecule has 1 aromatic rings. The maximum Gasteiger partial charge on any atom is 0.338 e. The Morgan fingerprint density at radius 3 is 2.75 bits per heavy atom. The van der Waals surface area contributed by atoms with Gasteiger partial charge < -0.3 is 19.7 Å². The van der Waals surface area contributed by atoms with Crippen LogP contribution in [0.25, 0.3) is 0 Å². The molecule has 0 radical (unpaired) electrons. The van der Waals surface area contributed by atoms with Crippen LogP contribution in [0.3, 0.4) is 0 Å². The van der Waals surface area contributed by atoms with E-state index in [4.69, 9.17) is 14.5 Å². The summed E-state index contributed by atoms with van der Waals surface area (Å²) in [7, 11) is 1.39. The zero-order valence-electron chi connectivity index (χ0n) is 18.7. The Hall–Kier alpha value is -2.58. The predicted octanol–water partition coefficient (Wildman–Crippen LogP) is 3.82. The first-order chi connectivity index (χ1) is 15.5. The zero-order chi connectivity index (χ0) is 22.7. The normalized spacial score (nSPS) is 22.4. The van der Waals surface area contributed by atoms with Gasteiger partial charge in [-0.05, 0) is 37.2 Å². The molecule has 1 fully saturated rings. The van der Waals surface area contributed by atoms with Gasteiger partial charge in [-0.1, -0.05) is 48.5 Å². The number of carbonyl (C=O) groups is 2. The van der Waals surface area contributed by atoms with Crippen molar-refractivity contribution < 1.29 is 19.1 Å². The summed E-state index contributed by atoms with van der Waals surface area (Å²) < 4.78 is 10.7. The molecular weight excluding hydrogens is 426 g/mol. The molecule has 0 spiro atoms. The van der Waals surface area contributed by atoms with Crippen LogP contribution in [0.1, 0.15) is 49.8 Å². The minimum absolute atomic E-state index is 0.0684. The van der Waals surface area contributed by atoms with E-state index < -0.39 is 12.0 Å². The quantitative estimate of drug-likeness (QED) is 0.630. The topological polar surface area (TPSA) is 80.2 Å². The van der Waals surface area contributed by atoms with Crippen molar-refractivity contribution in [3.05, 3.63) is 57.8 Å². The number of amides is 1. The van der Waals surface area contributed by atoms with E-state index in [1.54, 1.807) is 0 Å². The number of aryl methyl sites for hydroxylation is 1. The second-order valence-electron chi connectivity index (χ2n) is 8.13. The Labute approximate surface area is 192 Å². The van der Waals surface area contributed by atoms with Gasteiger partial charge in [-0.3, -0.25) is 4.79 Å². The number of ether oxygens (including phenoxy) is 2. The molecule has 2 atom stereocenters. The molecule has 0 saturated carbocycles. The molecule has 1 N–H and O–H groups in total. The number of fused-ring (bicyclic) bond motifs is 1. The number of esters is 1. The molecule has 0 unspecified atom stereocenters. The van der Waals surface area contributed by atoms with Gasteiger partial charge in [0.05, 0.1) is 36.9 Å². The molecule has 170 valence electrons. The van der Waals surface area contributed by atoms with E-state index >= 15 is 0 Å². The van der Waals surface area contributed by atoms with Gasteiger partial charge in [0.15, 0.2) is 5.17 Å². The van der Waals surface area contributed by atoms with Crippen LogP contribution >= 0.6 is 11.8 Å². The maximum atomic E-state index is 12.9. The summed E-state index contributed by atoms with van der Waals surface area (Å²) in [5.41, 5.74) is 4.16. The fourth-order valence-corrected chi connectivity index (χ4v) is 5.17. The molecule has 0 bridgehead atoms. The first kappa shape index (κ1) is 22.6. The van der Waals surface area contributed by atoms with E-state index in [1.165, 1.54) is 18.9 Å². The lowest BCUT2D eigenvalue weighted by Gasteiger charge is -2.36. The maximum absolute atomic E-state index is 12.9. The Morgan fingerprint density at radius 1 is 1.31 bits per heavy atom. The fourth-order valence-electron chi connectivity index (χ4n) is 4.24. The summed E-state index contributed by atoms with van der Waals surface area (Å²) >= 11 is 1.48. The third-order valence-corrected chi connectivity index (χ3v) is 6.80. The minimum Gasteiger partial charge on any atom is -0.466 e. The molecule has 1 saturated heterocycles. The van der Waals surface area contributed by atoms with Crippen molar-refractivity contribution in [2.45, 2.75) is 51.7 Å². The zero-order valence-corrected chi connectivity index (χ0v) is 19.5. The van der Waals surface area contributed by atoms with Crippen molar-refractivity contribution in [2.75, 3.05) is 20.3 Å². The summed E-state index contributed by atoms with van der Waals surface area (Å²) in [5, 5.41) is 5.73. The summed E-state index contributed by atoms with van der Waals surface area (Å²) in [5.74, 6) is -0.463. The van der Waals surface area contributed by atoms with Crippen LogP contribution in [0.4, 0.5) is 0 Å². The van der Waals surface area contributed by atoms with Crippen LogP contribution in [0.5, 0.6) is 0 Å². The second kappa shape index (κ2) is 9.92. The van der Waals surface area contributed by atoms with Gasteiger partial charge in [0.1, 0.15) is 0 Å². The van der Waals surface area contributed by atoms with Crippen molar-refractivity contribution in [2.24, 2.45) is 4.99 Å². The number of allylic oxidation sites excluding steroid dienone is 1. The van der Waals surface area contributed by atoms with Gasteiger partial charge in [-0.2, -0.15) is 0 Å². The Bertz CT molecular complexity index is 977. The van der Waals surface area contributed by atoms with Crippen molar-refractivity contribution >= 4 is 28.8 Å². The summed E-state index contributed by atoms with van der Waals surface area (Å²) in [6.45, 7) is 5.30. The molecular formula is C24H29N3O4S. The standard InChI is InChI=1S/C24H29N3O4S/c1-4-19-21(23(29)30-3)22(16-9-7-15(2)8-10-16)27-17(14-32-24(27)26-19)12-20(28)25-13-18-6-5-11-31-18/h7-10,14,18,22H,4-6,11-13H2,1-3H3,(H,25,28)/t18-,22-/m0/s1. The number of nitrogens with one attached hydrogen (secondary N) is 1. The molecule has 1 amide bonds. The highest BCUT2D eigenvalue weighted by Gasteiger charge is 2.41. The van der Waals surface area contributed by atoms with Crippen LogP contribution < -0.4 is 5.32 Å². The van der Waals surface area contributed by atoms with Crippen LogP contribution in [-0.4, -0.2) is 48.3 Å². The number of hydrogen-bond acceptors (Lipinski definition) is 7. The van der Waals surface area contributed by atoms with E-state index in [0.29, 0.717) is 18.5 Å². The Kier molecular flexibility index (Phi) is 7.01. The van der Waals surface area contributed by atoms with Gasteiger partial charge in [0.2, 0.25) is 5.91 Å². The Morgan fingerprint density at radius 2 is 2.09 bits per heavy atom. The molecule has 32 heavy (non-hydrogen) atoms. The highest BCUT2D eigenvalue weighted by atomic mass is 32.2. The number of methoxy groups -OCH3 is 1. The average molecular weight is 456 g/mol. The number of aliphatic imine (C=N–C) groups is 1. The Balaban J connectivity index is 1.62. The molecule has 8 heteroatoms. The highest BCUT2D eigenvalue weighted by Crippen LogP contribution is 2.45. The van der Waals surface area contributed by atoms with E-state index in [2.05, 4.69) is 5.32 Å². The predicted molar refractivity (Wildman–Crippen MR) is 125 cm³/mol. The van der Waals surface area contributed by atoms with Crippen molar-refractivity contribution in [3.63, 3.8) is 0 Å². The van der Waals surface area contributed by atoms with Gasteiger partial charge in [-0.15, -0.1) is 0 Å². The highest BCUT2D eigenvalue weighted by molar-refractivity contribution is 8.16. The van der Waals surface area contributed by atoms with Gasteiger partial charge in [0.25, 0.3) is 0 Å². The molecule has 3 heterocycles. The number of thioether (sulfide) groups is 1. The van der Waals surface area contributed by atoms with Gasteiger partial charge >= 0.3 is 5.97 Å². The molecule has 7 nitrogen and oxygen atoms in total. The lowest BCUT2D eigenvalue weighted by Crippen LogP contribution is -2.39. The van der Waals surface area contributed by atoms with E-state index in [9.17, 15) is 9.59 Å². The van der Waals surface area contributed by atoms with Gasteiger partial charge in [-0.25, -0.2) is 9.79 Å². The van der Waals surface area contributed by atoms with Gasteiger partial charge in [0, 0.05) is 18.8 Å². The van der Waals surface area contributed by atoms with Crippen LogP contribution in [-0.2, 0) is 19.1 Å². The number of nitrogens with zero attached hydrogens (tertiary/aromatic N) is 2. The first-order valence-electron chi connectivity index (χ1n) is 11.0. The van der Waals surface area contributed by atoms with E-state index in [-0.39, 0.29) is 18.4 Å².